The third-order valence-electron chi connectivity index (χ3n) is 1.82. The Bertz CT molecular complexity index is 376. The van der Waals surface area contributed by atoms with Gasteiger partial charge in [0.05, 0.1) is 12.8 Å². The van der Waals surface area contributed by atoms with Gasteiger partial charge in [-0.05, 0) is 12.3 Å². The molecule has 0 spiro atoms. The summed E-state index contributed by atoms with van der Waals surface area (Å²) in [6, 6.07) is 1.91. The van der Waals surface area contributed by atoms with E-state index in [2.05, 4.69) is 10.6 Å². The zero-order valence-corrected chi connectivity index (χ0v) is 9.78. The third-order valence-corrected chi connectivity index (χ3v) is 2.42. The molecular weight excluding hydrogens is 226 g/mol. The average Bonchev–Trinajstić information content (AvgIpc) is 2.62. The molecule has 0 aliphatic carbocycles. The SMILES string of the molecule is CSCc1ccoc1CNC(=N)NC(=N)N. The highest BCUT2D eigenvalue weighted by Crippen LogP contribution is 2.15. The fourth-order valence-corrected chi connectivity index (χ4v) is 1.72. The molecule has 0 bridgehead atoms. The van der Waals surface area contributed by atoms with Gasteiger partial charge in [-0.2, -0.15) is 11.8 Å². The minimum Gasteiger partial charge on any atom is -0.467 e. The van der Waals surface area contributed by atoms with Gasteiger partial charge in [0.1, 0.15) is 5.76 Å². The van der Waals surface area contributed by atoms with E-state index in [-0.39, 0.29) is 11.9 Å². The smallest absolute Gasteiger partial charge is 0.195 e. The molecule has 0 fully saturated rings. The summed E-state index contributed by atoms with van der Waals surface area (Å²) in [6.07, 6.45) is 3.65. The lowest BCUT2D eigenvalue weighted by Crippen LogP contribution is -2.43. The van der Waals surface area contributed by atoms with Crippen molar-refractivity contribution in [3.63, 3.8) is 0 Å². The van der Waals surface area contributed by atoms with Crippen LogP contribution < -0.4 is 16.4 Å². The lowest BCUT2D eigenvalue weighted by molar-refractivity contribution is 0.499. The van der Waals surface area contributed by atoms with Crippen molar-refractivity contribution in [2.24, 2.45) is 5.73 Å². The first-order valence-electron chi connectivity index (χ1n) is 4.61. The van der Waals surface area contributed by atoms with Crippen molar-refractivity contribution in [2.45, 2.75) is 12.3 Å². The Morgan fingerprint density at radius 2 is 2.31 bits per heavy atom. The van der Waals surface area contributed by atoms with Gasteiger partial charge in [-0.25, -0.2) is 0 Å². The second-order valence-electron chi connectivity index (χ2n) is 3.07. The lowest BCUT2D eigenvalue weighted by Gasteiger charge is -2.08. The largest absolute Gasteiger partial charge is 0.467 e. The average molecular weight is 241 g/mol. The van der Waals surface area contributed by atoms with Crippen LogP contribution in [0.15, 0.2) is 16.7 Å². The summed E-state index contributed by atoms with van der Waals surface area (Å²) >= 11 is 1.71. The lowest BCUT2D eigenvalue weighted by atomic mass is 10.3. The van der Waals surface area contributed by atoms with Crippen molar-refractivity contribution >= 4 is 23.7 Å². The monoisotopic (exact) mass is 241 g/mol. The summed E-state index contributed by atoms with van der Waals surface area (Å²) in [6.45, 7) is 0.405. The fourth-order valence-electron chi connectivity index (χ4n) is 1.15. The van der Waals surface area contributed by atoms with Gasteiger partial charge >= 0.3 is 0 Å². The highest BCUT2D eigenvalue weighted by atomic mass is 32.2. The van der Waals surface area contributed by atoms with E-state index in [1.165, 1.54) is 0 Å². The number of furan rings is 1. The minimum absolute atomic E-state index is 0.0148. The second-order valence-corrected chi connectivity index (χ2v) is 3.94. The van der Waals surface area contributed by atoms with Gasteiger partial charge in [0.15, 0.2) is 11.9 Å². The van der Waals surface area contributed by atoms with Gasteiger partial charge < -0.3 is 15.5 Å². The number of guanidine groups is 2. The van der Waals surface area contributed by atoms with Crippen molar-refractivity contribution < 1.29 is 4.42 Å². The van der Waals surface area contributed by atoms with E-state index < -0.39 is 0 Å². The first kappa shape index (κ1) is 12.4. The predicted molar refractivity (Wildman–Crippen MR) is 65.5 cm³/mol. The van der Waals surface area contributed by atoms with E-state index in [1.54, 1.807) is 18.0 Å². The van der Waals surface area contributed by atoms with Crippen molar-refractivity contribution in [3.8, 4) is 0 Å². The summed E-state index contributed by atoms with van der Waals surface area (Å²) in [5, 5.41) is 19.5. The molecule has 7 heteroatoms. The molecule has 0 saturated heterocycles. The number of thioether (sulfide) groups is 1. The second kappa shape index (κ2) is 6.06. The topological polar surface area (TPSA) is 111 Å². The highest BCUT2D eigenvalue weighted by Gasteiger charge is 2.06. The van der Waals surface area contributed by atoms with Crippen molar-refractivity contribution in [3.05, 3.63) is 23.7 Å². The Kier molecular flexibility index (Phi) is 4.71. The van der Waals surface area contributed by atoms with E-state index in [4.69, 9.17) is 21.0 Å². The molecule has 1 aromatic rings. The van der Waals surface area contributed by atoms with Crippen LogP contribution in [0.5, 0.6) is 0 Å². The van der Waals surface area contributed by atoms with Crippen LogP contribution in [0.3, 0.4) is 0 Å². The number of hydrogen-bond donors (Lipinski definition) is 5. The number of nitrogens with one attached hydrogen (secondary N) is 4. The summed E-state index contributed by atoms with van der Waals surface area (Å²) in [5.74, 6) is 1.39. The highest BCUT2D eigenvalue weighted by molar-refractivity contribution is 7.97. The maximum atomic E-state index is 7.40. The maximum Gasteiger partial charge on any atom is 0.195 e. The maximum absolute atomic E-state index is 7.40. The van der Waals surface area contributed by atoms with Crippen LogP contribution in [0, 0.1) is 10.8 Å². The fraction of sp³-hybridized carbons (Fsp3) is 0.333. The Morgan fingerprint density at radius 3 is 2.94 bits per heavy atom. The van der Waals surface area contributed by atoms with Gasteiger partial charge in [0.2, 0.25) is 0 Å². The number of nitrogens with two attached hydrogens (primary N) is 1. The summed E-state index contributed by atoms with van der Waals surface area (Å²) < 4.78 is 5.29. The summed E-state index contributed by atoms with van der Waals surface area (Å²) in [5.41, 5.74) is 6.19. The van der Waals surface area contributed by atoms with E-state index in [1.807, 2.05) is 12.3 Å². The Labute approximate surface area is 98.0 Å². The van der Waals surface area contributed by atoms with Crippen LogP contribution in [0.25, 0.3) is 0 Å². The molecular formula is C9H15N5OS. The van der Waals surface area contributed by atoms with Crippen LogP contribution >= 0.6 is 11.8 Å². The van der Waals surface area contributed by atoms with Crippen molar-refractivity contribution in [1.82, 2.24) is 10.6 Å². The quantitative estimate of drug-likeness (QED) is 0.392. The Balaban J connectivity index is 2.44. The predicted octanol–water partition coefficient (Wildman–Crippen LogP) is 0.650. The Morgan fingerprint density at radius 1 is 1.56 bits per heavy atom. The van der Waals surface area contributed by atoms with E-state index >= 15 is 0 Å². The molecule has 0 amide bonds. The van der Waals surface area contributed by atoms with E-state index in [9.17, 15) is 0 Å². The van der Waals surface area contributed by atoms with Crippen LogP contribution in [0.2, 0.25) is 0 Å². The summed E-state index contributed by atoms with van der Waals surface area (Å²) in [4.78, 5) is 0. The molecule has 1 heterocycles. The van der Waals surface area contributed by atoms with Gasteiger partial charge in [-0.3, -0.25) is 16.1 Å². The minimum atomic E-state index is -0.263. The summed E-state index contributed by atoms with van der Waals surface area (Å²) in [7, 11) is 0. The first-order chi connectivity index (χ1) is 7.63. The van der Waals surface area contributed by atoms with Crippen LogP contribution in [-0.2, 0) is 12.3 Å². The third kappa shape index (κ3) is 3.85. The molecule has 0 atom stereocenters. The van der Waals surface area contributed by atoms with Gasteiger partial charge in [0, 0.05) is 11.3 Å². The number of rotatable bonds is 4. The van der Waals surface area contributed by atoms with Crippen LogP contribution in [-0.4, -0.2) is 18.2 Å². The molecule has 0 aliphatic rings. The van der Waals surface area contributed by atoms with Crippen LogP contribution in [0.4, 0.5) is 0 Å². The molecule has 6 nitrogen and oxygen atoms in total. The van der Waals surface area contributed by atoms with E-state index in [0.717, 1.165) is 17.1 Å². The molecule has 6 N–H and O–H groups in total. The van der Waals surface area contributed by atoms with Crippen molar-refractivity contribution in [1.29, 1.82) is 10.8 Å². The first-order valence-corrected chi connectivity index (χ1v) is 6.00. The van der Waals surface area contributed by atoms with Gasteiger partial charge in [-0.1, -0.05) is 0 Å². The molecule has 16 heavy (non-hydrogen) atoms. The molecule has 0 unspecified atom stereocenters. The standard InChI is InChI=1S/C9H15N5OS/c1-16-5-6-2-3-15-7(6)4-13-9(12)14-8(10)11/h2-3H,4-5H2,1H3,(H6,10,11,12,13,14). The van der Waals surface area contributed by atoms with Crippen molar-refractivity contribution in [2.75, 3.05) is 6.26 Å². The zero-order chi connectivity index (χ0) is 12.0. The molecule has 0 aliphatic heterocycles. The molecule has 0 radical (unpaired) electrons. The Hall–Kier alpha value is -1.63. The molecule has 1 rings (SSSR count). The van der Waals surface area contributed by atoms with Crippen LogP contribution in [0.1, 0.15) is 11.3 Å². The molecule has 1 aromatic heterocycles. The number of hydrogen-bond acceptors (Lipinski definition) is 4. The normalized spacial score (nSPS) is 9.81. The molecule has 0 saturated carbocycles. The van der Waals surface area contributed by atoms with E-state index in [0.29, 0.717) is 6.54 Å². The molecule has 0 aromatic carbocycles. The van der Waals surface area contributed by atoms with Gasteiger partial charge in [0.25, 0.3) is 0 Å². The molecule has 88 valence electrons. The van der Waals surface area contributed by atoms with Gasteiger partial charge in [-0.15, -0.1) is 0 Å². The zero-order valence-electron chi connectivity index (χ0n) is 8.96.